The Labute approximate surface area is 186 Å². The number of amides is 1. The largest absolute Gasteiger partial charge is 0.478 e. The summed E-state index contributed by atoms with van der Waals surface area (Å²) in [6.45, 7) is 3.62. The predicted octanol–water partition coefficient (Wildman–Crippen LogP) is 4.04. The van der Waals surface area contributed by atoms with Gasteiger partial charge in [0.15, 0.2) is 0 Å². The molecule has 2 aromatic rings. The van der Waals surface area contributed by atoms with E-state index in [-0.39, 0.29) is 32.0 Å². The normalized spacial score (nSPS) is 13.1. The number of benzene rings is 2. The molecule has 0 fully saturated rings. The maximum absolute atomic E-state index is 12.5. The minimum atomic E-state index is -1.08. The number of nitrogens with one attached hydrogen (secondary N) is 1. The Morgan fingerprint density at radius 2 is 1.66 bits per heavy atom. The molecule has 0 saturated carbocycles. The zero-order valence-electron chi connectivity index (χ0n) is 17.5. The summed E-state index contributed by atoms with van der Waals surface area (Å²) in [5.74, 6) is -1.82. The van der Waals surface area contributed by atoms with Crippen molar-refractivity contribution in [2.75, 3.05) is 13.2 Å². The van der Waals surface area contributed by atoms with Gasteiger partial charge in [-0.15, -0.1) is 0 Å². The summed E-state index contributed by atoms with van der Waals surface area (Å²) in [5, 5.41) is 11.2. The number of hydrogen-bond acceptors (Lipinski definition) is 5. The van der Waals surface area contributed by atoms with Crippen LogP contribution in [0.15, 0.2) is 73.3 Å². The van der Waals surface area contributed by atoms with E-state index in [1.807, 2.05) is 48.5 Å². The fraction of sp³-hybridized carbons (Fsp3) is 0.240. The summed E-state index contributed by atoms with van der Waals surface area (Å²) in [4.78, 5) is 35.4. The number of rotatable bonds is 10. The summed E-state index contributed by atoms with van der Waals surface area (Å²) in [6.07, 6.45) is 3.52. The molecule has 0 unspecified atom stereocenters. The first-order valence-corrected chi connectivity index (χ1v) is 10.3. The van der Waals surface area contributed by atoms with Crippen LogP contribution in [0, 0.1) is 0 Å². The van der Waals surface area contributed by atoms with Crippen LogP contribution in [0.1, 0.15) is 29.9 Å². The first-order chi connectivity index (χ1) is 15.5. The van der Waals surface area contributed by atoms with Gasteiger partial charge in [-0.2, -0.15) is 0 Å². The van der Waals surface area contributed by atoms with Gasteiger partial charge >= 0.3 is 18.0 Å². The lowest BCUT2D eigenvalue weighted by Crippen LogP contribution is -2.42. The Morgan fingerprint density at radius 1 is 1.03 bits per heavy atom. The lowest BCUT2D eigenvalue weighted by Gasteiger charge is -2.18. The number of esters is 1. The van der Waals surface area contributed by atoms with E-state index in [1.165, 1.54) is 12.2 Å². The van der Waals surface area contributed by atoms with E-state index in [9.17, 15) is 14.4 Å². The third-order valence-electron chi connectivity index (χ3n) is 5.15. The second-order valence-electron chi connectivity index (χ2n) is 7.26. The van der Waals surface area contributed by atoms with Gasteiger partial charge in [-0.1, -0.05) is 67.3 Å². The molecule has 166 valence electrons. The van der Waals surface area contributed by atoms with Gasteiger partial charge in [-0.3, -0.25) is 0 Å². The number of carbonyl (C=O) groups is 3. The van der Waals surface area contributed by atoms with Crippen LogP contribution in [0.4, 0.5) is 4.79 Å². The van der Waals surface area contributed by atoms with Crippen LogP contribution in [-0.4, -0.2) is 42.4 Å². The maximum Gasteiger partial charge on any atom is 0.407 e. The van der Waals surface area contributed by atoms with Crippen LogP contribution in [0.5, 0.6) is 0 Å². The Bertz CT molecular complexity index is 983. The summed E-state index contributed by atoms with van der Waals surface area (Å²) >= 11 is 0. The molecule has 0 bridgehead atoms. The quantitative estimate of drug-likeness (QED) is 0.332. The molecular formula is C25H25NO6. The van der Waals surface area contributed by atoms with Gasteiger partial charge in [0.25, 0.3) is 0 Å². The molecule has 2 aromatic carbocycles. The van der Waals surface area contributed by atoms with Crippen molar-refractivity contribution in [3.05, 3.63) is 84.5 Å². The molecule has 1 atom stereocenters. The number of allylic oxidation sites excluding steroid dienone is 1. The number of fused-ring (bicyclic) bond motifs is 3. The second-order valence-corrected chi connectivity index (χ2v) is 7.26. The molecule has 32 heavy (non-hydrogen) atoms. The molecule has 0 aromatic heterocycles. The first kappa shape index (κ1) is 22.8. The number of hydrogen-bond donors (Lipinski definition) is 2. The van der Waals surface area contributed by atoms with E-state index in [0.29, 0.717) is 0 Å². The standard InChI is InChI=1S/C25H25NO6/c1-2-15-31-24(29)22(13-7-8-14-23(27)28)26-25(30)32-16-21-19-11-5-3-9-17(19)18-10-4-6-12-20(18)21/h2-6,8-12,14,21-22H,1,7,13,15-16H2,(H,26,30)(H,27,28)/b14-8+/t22-/m0/s1. The number of aliphatic carboxylic acids is 1. The summed E-state index contributed by atoms with van der Waals surface area (Å²) in [7, 11) is 0. The minimum absolute atomic E-state index is 0.00662. The van der Waals surface area contributed by atoms with E-state index < -0.39 is 24.1 Å². The van der Waals surface area contributed by atoms with Gasteiger partial charge in [-0.25, -0.2) is 14.4 Å². The van der Waals surface area contributed by atoms with Crippen LogP contribution in [0.3, 0.4) is 0 Å². The smallest absolute Gasteiger partial charge is 0.407 e. The summed E-state index contributed by atoms with van der Waals surface area (Å²) in [5.41, 5.74) is 4.41. The zero-order valence-corrected chi connectivity index (χ0v) is 17.5. The molecule has 0 heterocycles. The molecule has 2 N–H and O–H groups in total. The number of alkyl carbamates (subject to hydrolysis) is 1. The maximum atomic E-state index is 12.5. The van der Waals surface area contributed by atoms with Crippen molar-refractivity contribution in [3.8, 4) is 11.1 Å². The van der Waals surface area contributed by atoms with E-state index in [1.54, 1.807) is 0 Å². The molecule has 1 aliphatic carbocycles. The first-order valence-electron chi connectivity index (χ1n) is 10.3. The van der Waals surface area contributed by atoms with Gasteiger partial charge in [0.2, 0.25) is 0 Å². The number of carboxylic acid groups (broad SMARTS) is 1. The molecule has 0 radical (unpaired) electrons. The topological polar surface area (TPSA) is 102 Å². The fourth-order valence-corrected chi connectivity index (χ4v) is 3.72. The molecule has 3 rings (SSSR count). The minimum Gasteiger partial charge on any atom is -0.478 e. The highest BCUT2D eigenvalue weighted by Gasteiger charge is 2.29. The molecule has 7 nitrogen and oxygen atoms in total. The Morgan fingerprint density at radius 3 is 2.25 bits per heavy atom. The molecule has 0 saturated heterocycles. The third kappa shape index (κ3) is 5.63. The van der Waals surface area contributed by atoms with Crippen molar-refractivity contribution in [1.29, 1.82) is 0 Å². The highest BCUT2D eigenvalue weighted by atomic mass is 16.6. The Kier molecular flexibility index (Phi) is 7.80. The van der Waals surface area contributed by atoms with Gasteiger partial charge in [0, 0.05) is 12.0 Å². The number of ether oxygens (including phenoxy) is 2. The van der Waals surface area contributed by atoms with Crippen LogP contribution in [0.2, 0.25) is 0 Å². The Hall–Kier alpha value is -3.87. The average Bonchev–Trinajstić information content (AvgIpc) is 3.11. The third-order valence-corrected chi connectivity index (χ3v) is 5.15. The van der Waals surface area contributed by atoms with Crippen LogP contribution in [0.25, 0.3) is 11.1 Å². The van der Waals surface area contributed by atoms with Crippen molar-refractivity contribution < 1.29 is 29.0 Å². The fourth-order valence-electron chi connectivity index (χ4n) is 3.72. The van der Waals surface area contributed by atoms with Crippen molar-refractivity contribution in [2.45, 2.75) is 24.8 Å². The van der Waals surface area contributed by atoms with E-state index in [0.717, 1.165) is 28.3 Å². The molecular weight excluding hydrogens is 410 g/mol. The molecule has 7 heteroatoms. The van der Waals surface area contributed by atoms with Crippen LogP contribution in [-0.2, 0) is 19.1 Å². The van der Waals surface area contributed by atoms with E-state index in [2.05, 4.69) is 11.9 Å². The highest BCUT2D eigenvalue weighted by molar-refractivity contribution is 5.82. The van der Waals surface area contributed by atoms with Crippen LogP contribution >= 0.6 is 0 Å². The van der Waals surface area contributed by atoms with Crippen LogP contribution < -0.4 is 5.32 Å². The Balaban J connectivity index is 1.64. The average molecular weight is 435 g/mol. The molecule has 1 aliphatic rings. The van der Waals surface area contributed by atoms with Gasteiger partial charge in [0.05, 0.1) is 0 Å². The highest BCUT2D eigenvalue weighted by Crippen LogP contribution is 2.44. The van der Waals surface area contributed by atoms with Gasteiger partial charge < -0.3 is 19.9 Å². The predicted molar refractivity (Wildman–Crippen MR) is 119 cm³/mol. The number of carboxylic acids is 1. The lowest BCUT2D eigenvalue weighted by atomic mass is 9.98. The lowest BCUT2D eigenvalue weighted by molar-refractivity contribution is -0.145. The molecule has 0 spiro atoms. The SMILES string of the molecule is C=CCOC(=O)[C@H](CC/C=C/C(=O)O)NC(=O)OCC1c2ccccc2-c2ccccc21. The van der Waals surface area contributed by atoms with Crippen molar-refractivity contribution in [3.63, 3.8) is 0 Å². The summed E-state index contributed by atoms with van der Waals surface area (Å²) in [6, 6.07) is 15.0. The monoisotopic (exact) mass is 435 g/mol. The number of carbonyl (C=O) groups excluding carboxylic acids is 2. The summed E-state index contributed by atoms with van der Waals surface area (Å²) < 4.78 is 10.5. The second kappa shape index (κ2) is 10.9. The zero-order chi connectivity index (χ0) is 22.9. The van der Waals surface area contributed by atoms with Gasteiger partial charge in [0.1, 0.15) is 19.3 Å². The van der Waals surface area contributed by atoms with Crippen molar-refractivity contribution in [2.24, 2.45) is 0 Å². The van der Waals surface area contributed by atoms with Crippen molar-refractivity contribution >= 4 is 18.0 Å². The van der Waals surface area contributed by atoms with Gasteiger partial charge in [-0.05, 0) is 35.1 Å². The molecule has 0 aliphatic heterocycles. The van der Waals surface area contributed by atoms with E-state index in [4.69, 9.17) is 14.6 Å². The van der Waals surface area contributed by atoms with E-state index >= 15 is 0 Å². The van der Waals surface area contributed by atoms with Crippen molar-refractivity contribution in [1.82, 2.24) is 5.32 Å². The molecule has 1 amide bonds.